The third kappa shape index (κ3) is 2.01. The minimum absolute atomic E-state index is 0.0266. The van der Waals surface area contributed by atoms with E-state index in [1.165, 1.54) is 13.4 Å². The van der Waals surface area contributed by atoms with Crippen LogP contribution in [0, 0.1) is 34.0 Å². The van der Waals surface area contributed by atoms with Gasteiger partial charge in [0.25, 0.3) is 0 Å². The van der Waals surface area contributed by atoms with Crippen LogP contribution in [0.2, 0.25) is 0 Å². The molecule has 1 aromatic rings. The molecule has 3 heterocycles. The molecular formula is C27H34O9. The van der Waals surface area contributed by atoms with E-state index in [0.29, 0.717) is 18.4 Å². The molecule has 4 aliphatic carbocycles. The number of carbonyl (C=O) groups excluding carboxylic acids is 2. The Morgan fingerprint density at radius 2 is 2.00 bits per heavy atom. The molecular weight excluding hydrogens is 468 g/mol. The number of esters is 2. The lowest BCUT2D eigenvalue weighted by Gasteiger charge is -2.63. The summed E-state index contributed by atoms with van der Waals surface area (Å²) >= 11 is 0. The van der Waals surface area contributed by atoms with E-state index < -0.39 is 81.1 Å². The lowest BCUT2D eigenvalue weighted by atomic mass is 9.45. The molecule has 3 N–H and O–H groups in total. The molecule has 0 aromatic carbocycles. The molecule has 196 valence electrons. The average Bonchev–Trinajstić information content (AvgIpc) is 3.50. The van der Waals surface area contributed by atoms with Gasteiger partial charge < -0.3 is 33.9 Å². The van der Waals surface area contributed by atoms with Crippen LogP contribution < -0.4 is 0 Å². The van der Waals surface area contributed by atoms with Gasteiger partial charge in [-0.05, 0) is 37.2 Å². The van der Waals surface area contributed by atoms with Gasteiger partial charge in [-0.3, -0.25) is 9.59 Å². The number of cyclic esters (lactones) is 1. The van der Waals surface area contributed by atoms with Crippen LogP contribution in [0.3, 0.4) is 0 Å². The van der Waals surface area contributed by atoms with Crippen molar-refractivity contribution in [1.82, 2.24) is 0 Å². The van der Waals surface area contributed by atoms with Gasteiger partial charge in [-0.2, -0.15) is 0 Å². The molecule has 9 nitrogen and oxygen atoms in total. The lowest BCUT2D eigenvalue weighted by Crippen LogP contribution is -2.72. The molecule has 12 atom stereocenters. The fourth-order valence-electron chi connectivity index (χ4n) is 10.8. The summed E-state index contributed by atoms with van der Waals surface area (Å²) in [5.41, 5.74) is -6.24. The summed E-state index contributed by atoms with van der Waals surface area (Å²) in [5, 5.41) is 37.4. The molecule has 7 rings (SSSR count). The second-order valence-electron chi connectivity index (χ2n) is 13.0. The predicted molar refractivity (Wildman–Crippen MR) is 121 cm³/mol. The number of aliphatic hydroxyl groups is 3. The highest BCUT2D eigenvalue weighted by Gasteiger charge is 2.94. The van der Waals surface area contributed by atoms with E-state index in [1.54, 1.807) is 12.3 Å². The Bertz CT molecular complexity index is 1170. The number of methoxy groups -OCH3 is 1. The van der Waals surface area contributed by atoms with Gasteiger partial charge in [-0.15, -0.1) is 0 Å². The van der Waals surface area contributed by atoms with Crippen LogP contribution >= 0.6 is 0 Å². The van der Waals surface area contributed by atoms with Crippen LogP contribution in [-0.4, -0.2) is 63.4 Å². The van der Waals surface area contributed by atoms with Gasteiger partial charge in [0.1, 0.15) is 17.3 Å². The number of ether oxygens (including phenoxy) is 3. The molecule has 36 heavy (non-hydrogen) atoms. The predicted octanol–water partition coefficient (Wildman–Crippen LogP) is 1.88. The quantitative estimate of drug-likeness (QED) is 0.529. The zero-order valence-corrected chi connectivity index (χ0v) is 21.0. The van der Waals surface area contributed by atoms with Crippen LogP contribution in [0.4, 0.5) is 0 Å². The van der Waals surface area contributed by atoms with E-state index in [1.807, 2.05) is 20.8 Å². The molecule has 1 spiro atoms. The Morgan fingerprint density at radius 3 is 2.67 bits per heavy atom. The summed E-state index contributed by atoms with van der Waals surface area (Å²) in [7, 11) is 1.34. The smallest absolute Gasteiger partial charge is 0.309 e. The standard InChI is InChI=1S/C27H34O9/c1-22-12-25(31)19-18(20(22)30)36-26-10-17(29)35-21(13-6-8-34-11-13)23(26,2)7-5-14(27(19,26)32)24(25,3)15(22)9-16(28)33-4/h6,8,11,14-15,18-21,30-32H,5,7,9-10,12H2,1-4H3. The average molecular weight is 503 g/mol. The highest BCUT2D eigenvalue weighted by Crippen LogP contribution is 2.85. The van der Waals surface area contributed by atoms with Crippen molar-refractivity contribution >= 4 is 11.9 Å². The summed E-state index contributed by atoms with van der Waals surface area (Å²) in [6.45, 7) is 5.85. The Labute approximate surface area is 209 Å². The van der Waals surface area contributed by atoms with E-state index >= 15 is 0 Å². The Morgan fingerprint density at radius 1 is 1.25 bits per heavy atom. The first kappa shape index (κ1) is 23.2. The van der Waals surface area contributed by atoms with Crippen molar-refractivity contribution < 1.29 is 43.5 Å². The van der Waals surface area contributed by atoms with Gasteiger partial charge in [-0.25, -0.2) is 0 Å². The number of furan rings is 1. The maximum absolute atomic E-state index is 13.2. The number of rotatable bonds is 3. The van der Waals surface area contributed by atoms with Crippen molar-refractivity contribution in [1.29, 1.82) is 0 Å². The molecule has 2 bridgehead atoms. The van der Waals surface area contributed by atoms with E-state index in [9.17, 15) is 24.9 Å². The summed E-state index contributed by atoms with van der Waals surface area (Å²) < 4.78 is 23.1. The summed E-state index contributed by atoms with van der Waals surface area (Å²) in [4.78, 5) is 25.8. The molecule has 4 saturated carbocycles. The third-order valence-electron chi connectivity index (χ3n) is 12.2. The zero-order valence-electron chi connectivity index (χ0n) is 21.0. The van der Waals surface area contributed by atoms with Crippen molar-refractivity contribution in [3.05, 3.63) is 24.2 Å². The van der Waals surface area contributed by atoms with Crippen LogP contribution in [-0.2, 0) is 23.8 Å². The molecule has 9 heteroatoms. The van der Waals surface area contributed by atoms with Gasteiger partial charge in [0.15, 0.2) is 0 Å². The minimum atomic E-state index is -1.60. The molecule has 0 radical (unpaired) electrons. The van der Waals surface area contributed by atoms with E-state index in [0.717, 1.165) is 0 Å². The minimum Gasteiger partial charge on any atom is -0.472 e. The molecule has 1 aromatic heterocycles. The van der Waals surface area contributed by atoms with Gasteiger partial charge in [-0.1, -0.05) is 20.8 Å². The fourth-order valence-corrected chi connectivity index (χ4v) is 10.8. The number of aliphatic hydroxyl groups excluding tert-OH is 1. The van der Waals surface area contributed by atoms with E-state index in [4.69, 9.17) is 18.6 Å². The van der Waals surface area contributed by atoms with Crippen molar-refractivity contribution in [3.8, 4) is 0 Å². The monoisotopic (exact) mass is 502 g/mol. The molecule has 6 aliphatic rings. The molecule has 12 unspecified atom stereocenters. The van der Waals surface area contributed by atoms with Crippen molar-refractivity contribution in [2.24, 2.45) is 34.0 Å². The molecule has 2 saturated heterocycles. The number of fused-ring (bicyclic) bond motifs is 2. The van der Waals surface area contributed by atoms with E-state index in [2.05, 4.69) is 0 Å². The highest BCUT2D eigenvalue weighted by molar-refractivity contribution is 5.74. The SMILES string of the molecule is COC(=O)CC1C2(C)CC3(O)C4C(OC56CC(=O)OC(c7ccoc7)C5(C)CCC(C13C)C46O)C2O. The maximum atomic E-state index is 13.2. The number of carbonyl (C=O) groups is 2. The van der Waals surface area contributed by atoms with Crippen LogP contribution in [0.15, 0.2) is 23.0 Å². The molecule has 0 amide bonds. The normalized spacial score (nSPS) is 57.9. The second kappa shape index (κ2) is 6.37. The van der Waals surface area contributed by atoms with Crippen LogP contribution in [0.5, 0.6) is 0 Å². The van der Waals surface area contributed by atoms with E-state index in [-0.39, 0.29) is 19.3 Å². The number of hydrogen-bond donors (Lipinski definition) is 3. The summed E-state index contributed by atoms with van der Waals surface area (Å²) in [6, 6.07) is 1.76. The third-order valence-corrected chi connectivity index (χ3v) is 12.2. The maximum Gasteiger partial charge on any atom is 0.309 e. The van der Waals surface area contributed by atoms with Crippen molar-refractivity contribution in [2.75, 3.05) is 7.11 Å². The Balaban J connectivity index is 1.47. The first-order valence-corrected chi connectivity index (χ1v) is 12.9. The largest absolute Gasteiger partial charge is 0.472 e. The van der Waals surface area contributed by atoms with Crippen molar-refractivity contribution in [3.63, 3.8) is 0 Å². The highest BCUT2D eigenvalue weighted by atomic mass is 16.6. The molecule has 2 aliphatic heterocycles. The van der Waals surface area contributed by atoms with Gasteiger partial charge in [0.2, 0.25) is 0 Å². The van der Waals surface area contributed by atoms with Crippen LogP contribution in [0.25, 0.3) is 0 Å². The van der Waals surface area contributed by atoms with Gasteiger partial charge >= 0.3 is 11.9 Å². The molecule has 6 fully saturated rings. The Kier molecular flexibility index (Phi) is 4.10. The summed E-state index contributed by atoms with van der Waals surface area (Å²) in [5.74, 6) is -2.59. The number of hydrogen-bond acceptors (Lipinski definition) is 9. The first-order valence-electron chi connectivity index (χ1n) is 12.9. The van der Waals surface area contributed by atoms with Crippen molar-refractivity contribution in [2.45, 2.75) is 88.0 Å². The fraction of sp³-hybridized carbons (Fsp3) is 0.778. The van der Waals surface area contributed by atoms with Gasteiger partial charge in [0, 0.05) is 34.1 Å². The van der Waals surface area contributed by atoms with Gasteiger partial charge in [0.05, 0.1) is 43.9 Å². The zero-order chi connectivity index (χ0) is 25.7. The summed E-state index contributed by atoms with van der Waals surface area (Å²) in [6.07, 6.45) is 1.64. The lowest BCUT2D eigenvalue weighted by molar-refractivity contribution is -0.298. The second-order valence-corrected chi connectivity index (χ2v) is 13.0. The topological polar surface area (TPSA) is 136 Å². The first-order chi connectivity index (χ1) is 16.8. The van der Waals surface area contributed by atoms with Crippen LogP contribution in [0.1, 0.15) is 64.5 Å². The Hall–Kier alpha value is -1.94.